The predicted octanol–water partition coefficient (Wildman–Crippen LogP) is 2.76. The van der Waals surface area contributed by atoms with Gasteiger partial charge in [-0.1, -0.05) is 18.5 Å². The minimum atomic E-state index is -0.567. The standard InChI is InChI=1S/C15H20ClNO3/c1-4-7-17-13(9-14(18)20-3)15(19)11-5-6-12(16)10(2)8-11/h5-6,8,13,17H,4,7,9H2,1-3H3. The van der Waals surface area contributed by atoms with Crippen molar-refractivity contribution in [2.75, 3.05) is 13.7 Å². The predicted molar refractivity (Wildman–Crippen MR) is 79.2 cm³/mol. The molecule has 0 radical (unpaired) electrons. The van der Waals surface area contributed by atoms with E-state index >= 15 is 0 Å². The van der Waals surface area contributed by atoms with Crippen LogP contribution in [0.3, 0.4) is 0 Å². The molecule has 20 heavy (non-hydrogen) atoms. The van der Waals surface area contributed by atoms with Crippen LogP contribution in [0.4, 0.5) is 0 Å². The van der Waals surface area contributed by atoms with Crippen molar-refractivity contribution < 1.29 is 14.3 Å². The Morgan fingerprint density at radius 1 is 1.40 bits per heavy atom. The van der Waals surface area contributed by atoms with Crippen molar-refractivity contribution in [2.24, 2.45) is 0 Å². The topological polar surface area (TPSA) is 55.4 Å². The third-order valence-corrected chi connectivity index (χ3v) is 3.42. The Balaban J connectivity index is 2.90. The van der Waals surface area contributed by atoms with Gasteiger partial charge in [0.05, 0.1) is 19.6 Å². The van der Waals surface area contributed by atoms with E-state index in [0.717, 1.165) is 12.0 Å². The van der Waals surface area contributed by atoms with Crippen LogP contribution in [-0.2, 0) is 9.53 Å². The molecule has 0 aliphatic rings. The van der Waals surface area contributed by atoms with Gasteiger partial charge in [-0.15, -0.1) is 0 Å². The first kappa shape index (κ1) is 16.7. The van der Waals surface area contributed by atoms with Gasteiger partial charge in [0.1, 0.15) is 0 Å². The molecule has 0 saturated heterocycles. The minimum absolute atomic E-state index is 0.0248. The van der Waals surface area contributed by atoms with Gasteiger partial charge < -0.3 is 10.1 Å². The average Bonchev–Trinajstić information content (AvgIpc) is 2.45. The number of benzene rings is 1. The van der Waals surface area contributed by atoms with Crippen LogP contribution in [0.1, 0.15) is 35.7 Å². The molecule has 1 aromatic carbocycles. The third-order valence-electron chi connectivity index (χ3n) is 3.00. The second kappa shape index (κ2) is 8.02. The first-order valence-corrected chi connectivity index (χ1v) is 6.98. The number of aryl methyl sites for hydroxylation is 1. The molecule has 4 nitrogen and oxygen atoms in total. The molecule has 1 rings (SSSR count). The summed E-state index contributed by atoms with van der Waals surface area (Å²) < 4.78 is 4.64. The highest BCUT2D eigenvalue weighted by atomic mass is 35.5. The second-order valence-electron chi connectivity index (χ2n) is 4.62. The number of esters is 1. The lowest BCUT2D eigenvalue weighted by Crippen LogP contribution is -2.39. The van der Waals surface area contributed by atoms with E-state index < -0.39 is 12.0 Å². The van der Waals surface area contributed by atoms with Crippen LogP contribution < -0.4 is 5.32 Å². The van der Waals surface area contributed by atoms with Gasteiger partial charge in [-0.25, -0.2) is 0 Å². The van der Waals surface area contributed by atoms with E-state index in [0.29, 0.717) is 17.1 Å². The summed E-state index contributed by atoms with van der Waals surface area (Å²) in [6.45, 7) is 4.51. The lowest BCUT2D eigenvalue weighted by atomic mass is 10.00. The van der Waals surface area contributed by atoms with E-state index in [1.54, 1.807) is 18.2 Å². The number of hydrogen-bond acceptors (Lipinski definition) is 4. The Labute approximate surface area is 124 Å². The second-order valence-corrected chi connectivity index (χ2v) is 5.02. The molecule has 0 bridgehead atoms. The fraction of sp³-hybridized carbons (Fsp3) is 0.467. The number of hydrogen-bond donors (Lipinski definition) is 1. The summed E-state index contributed by atoms with van der Waals surface area (Å²) >= 11 is 5.95. The molecular formula is C15H20ClNO3. The molecule has 0 spiro atoms. The van der Waals surface area contributed by atoms with Crippen molar-refractivity contribution in [2.45, 2.75) is 32.7 Å². The summed E-state index contributed by atoms with van der Waals surface area (Å²) in [5.41, 5.74) is 1.38. The van der Waals surface area contributed by atoms with Crippen molar-refractivity contribution in [1.82, 2.24) is 5.32 Å². The SMILES string of the molecule is CCCNC(CC(=O)OC)C(=O)c1ccc(Cl)c(C)c1. The number of nitrogens with one attached hydrogen (secondary N) is 1. The maximum Gasteiger partial charge on any atom is 0.307 e. The fourth-order valence-electron chi connectivity index (χ4n) is 1.83. The first-order valence-electron chi connectivity index (χ1n) is 6.60. The summed E-state index contributed by atoms with van der Waals surface area (Å²) in [4.78, 5) is 23.9. The number of halogens is 1. The van der Waals surface area contributed by atoms with E-state index in [-0.39, 0.29) is 12.2 Å². The van der Waals surface area contributed by atoms with Gasteiger partial charge in [-0.3, -0.25) is 9.59 Å². The molecule has 0 saturated carbocycles. The van der Waals surface area contributed by atoms with Crippen molar-refractivity contribution >= 4 is 23.4 Å². The van der Waals surface area contributed by atoms with E-state index in [9.17, 15) is 9.59 Å². The Bertz CT molecular complexity index is 488. The maximum absolute atomic E-state index is 12.5. The molecule has 0 aliphatic carbocycles. The summed E-state index contributed by atoms with van der Waals surface area (Å²) in [6.07, 6.45) is 0.904. The van der Waals surface area contributed by atoms with Gasteiger partial charge in [-0.05, 0) is 43.7 Å². The highest BCUT2D eigenvalue weighted by molar-refractivity contribution is 6.31. The lowest BCUT2D eigenvalue weighted by Gasteiger charge is -2.16. The number of rotatable bonds is 7. The average molecular weight is 298 g/mol. The zero-order valence-electron chi connectivity index (χ0n) is 12.0. The monoisotopic (exact) mass is 297 g/mol. The summed E-state index contributed by atoms with van der Waals surface area (Å²) in [6, 6.07) is 4.54. The molecule has 0 fully saturated rings. The van der Waals surface area contributed by atoms with Gasteiger partial charge in [0, 0.05) is 10.6 Å². The van der Waals surface area contributed by atoms with E-state index in [1.165, 1.54) is 7.11 Å². The quantitative estimate of drug-likeness (QED) is 0.621. The van der Waals surface area contributed by atoms with Crippen LogP contribution in [-0.4, -0.2) is 31.4 Å². The third kappa shape index (κ3) is 4.62. The smallest absolute Gasteiger partial charge is 0.307 e. The Morgan fingerprint density at radius 2 is 2.10 bits per heavy atom. The summed E-state index contributed by atoms with van der Waals surface area (Å²) in [7, 11) is 1.32. The van der Waals surface area contributed by atoms with Crippen LogP contribution in [0, 0.1) is 6.92 Å². The Morgan fingerprint density at radius 3 is 2.65 bits per heavy atom. The number of ketones is 1. The zero-order valence-corrected chi connectivity index (χ0v) is 12.8. The minimum Gasteiger partial charge on any atom is -0.469 e. The molecule has 110 valence electrons. The molecule has 0 aromatic heterocycles. The van der Waals surface area contributed by atoms with E-state index in [2.05, 4.69) is 10.1 Å². The summed E-state index contributed by atoms with van der Waals surface area (Å²) in [5.74, 6) is -0.527. The van der Waals surface area contributed by atoms with Gasteiger partial charge in [0.15, 0.2) is 5.78 Å². The Kier molecular flexibility index (Phi) is 6.68. The molecule has 0 heterocycles. The van der Waals surface area contributed by atoms with Crippen LogP contribution >= 0.6 is 11.6 Å². The van der Waals surface area contributed by atoms with Gasteiger partial charge in [0.25, 0.3) is 0 Å². The summed E-state index contributed by atoms with van der Waals surface area (Å²) in [5, 5.41) is 3.70. The number of carbonyl (C=O) groups excluding carboxylic acids is 2. The molecule has 0 aliphatic heterocycles. The van der Waals surface area contributed by atoms with Crippen LogP contribution in [0.5, 0.6) is 0 Å². The van der Waals surface area contributed by atoms with Crippen molar-refractivity contribution in [3.63, 3.8) is 0 Å². The molecule has 0 amide bonds. The lowest BCUT2D eigenvalue weighted by molar-refractivity contribution is -0.140. The van der Waals surface area contributed by atoms with Crippen LogP contribution in [0.25, 0.3) is 0 Å². The van der Waals surface area contributed by atoms with Gasteiger partial charge >= 0.3 is 5.97 Å². The number of Topliss-reactive ketones (excluding diaryl/α,β-unsaturated/α-hetero) is 1. The first-order chi connectivity index (χ1) is 9.49. The van der Waals surface area contributed by atoms with Crippen molar-refractivity contribution in [1.29, 1.82) is 0 Å². The highest BCUT2D eigenvalue weighted by Gasteiger charge is 2.23. The van der Waals surface area contributed by atoms with Crippen molar-refractivity contribution in [3.8, 4) is 0 Å². The van der Waals surface area contributed by atoms with Crippen molar-refractivity contribution in [3.05, 3.63) is 34.3 Å². The number of ether oxygens (including phenoxy) is 1. The van der Waals surface area contributed by atoms with E-state index in [1.807, 2.05) is 13.8 Å². The van der Waals surface area contributed by atoms with E-state index in [4.69, 9.17) is 11.6 Å². The van der Waals surface area contributed by atoms with Gasteiger partial charge in [-0.2, -0.15) is 0 Å². The maximum atomic E-state index is 12.5. The molecule has 1 aromatic rings. The fourth-order valence-corrected chi connectivity index (χ4v) is 1.94. The molecule has 1 unspecified atom stereocenters. The molecule has 5 heteroatoms. The zero-order chi connectivity index (χ0) is 15.1. The number of methoxy groups -OCH3 is 1. The normalized spacial score (nSPS) is 12.0. The number of carbonyl (C=O) groups is 2. The van der Waals surface area contributed by atoms with Crippen LogP contribution in [0.15, 0.2) is 18.2 Å². The van der Waals surface area contributed by atoms with Gasteiger partial charge in [0.2, 0.25) is 0 Å². The highest BCUT2D eigenvalue weighted by Crippen LogP contribution is 2.18. The largest absolute Gasteiger partial charge is 0.469 e. The van der Waals surface area contributed by atoms with Crippen LogP contribution in [0.2, 0.25) is 5.02 Å². The molecule has 1 N–H and O–H groups in total. The Hall–Kier alpha value is -1.39. The molecular weight excluding hydrogens is 278 g/mol. The molecule has 1 atom stereocenters.